The molecule has 0 aromatic heterocycles. The Kier molecular flexibility index (Phi) is 4.57. The zero-order valence-electron chi connectivity index (χ0n) is 12.7. The van der Waals surface area contributed by atoms with Gasteiger partial charge in [-0.25, -0.2) is 0 Å². The number of carbonyl (C=O) groups excluding carboxylic acids is 2. The summed E-state index contributed by atoms with van der Waals surface area (Å²) < 4.78 is 10.9. The van der Waals surface area contributed by atoms with E-state index in [1.54, 1.807) is 36.4 Å². The van der Waals surface area contributed by atoms with Gasteiger partial charge < -0.3 is 20.5 Å². The SMILES string of the molecule is NC(=O)c1ccc(NC(=O)Cc2cc(Cl)c3c(c2)OCCO3)cc1. The van der Waals surface area contributed by atoms with Crippen molar-refractivity contribution in [3.8, 4) is 11.5 Å². The summed E-state index contributed by atoms with van der Waals surface area (Å²) in [6, 6.07) is 9.78. The van der Waals surface area contributed by atoms with Crippen LogP contribution >= 0.6 is 11.6 Å². The lowest BCUT2D eigenvalue weighted by molar-refractivity contribution is -0.115. The molecule has 1 aliphatic rings. The van der Waals surface area contributed by atoms with Crippen LogP contribution in [0.4, 0.5) is 5.69 Å². The molecule has 0 unspecified atom stereocenters. The minimum absolute atomic E-state index is 0.133. The van der Waals surface area contributed by atoms with Gasteiger partial charge in [-0.2, -0.15) is 0 Å². The van der Waals surface area contributed by atoms with Gasteiger partial charge in [0.2, 0.25) is 11.8 Å². The van der Waals surface area contributed by atoms with E-state index >= 15 is 0 Å². The van der Waals surface area contributed by atoms with Crippen molar-refractivity contribution < 1.29 is 19.1 Å². The molecule has 0 saturated heterocycles. The van der Waals surface area contributed by atoms with Gasteiger partial charge in [-0.05, 0) is 42.0 Å². The van der Waals surface area contributed by atoms with Gasteiger partial charge in [0.1, 0.15) is 13.2 Å². The highest BCUT2D eigenvalue weighted by atomic mass is 35.5. The quantitative estimate of drug-likeness (QED) is 0.889. The normalized spacial score (nSPS) is 12.5. The summed E-state index contributed by atoms with van der Waals surface area (Å²) in [7, 11) is 0. The average Bonchev–Trinajstić information content (AvgIpc) is 2.55. The van der Waals surface area contributed by atoms with Gasteiger partial charge in [-0.3, -0.25) is 9.59 Å². The predicted octanol–water partition coefficient (Wildman–Crippen LogP) is 2.39. The number of hydrogen-bond acceptors (Lipinski definition) is 4. The first-order valence-corrected chi connectivity index (χ1v) is 7.68. The zero-order chi connectivity index (χ0) is 17.1. The number of hydrogen-bond donors (Lipinski definition) is 2. The molecule has 24 heavy (non-hydrogen) atoms. The van der Waals surface area contributed by atoms with Crippen molar-refractivity contribution in [1.29, 1.82) is 0 Å². The van der Waals surface area contributed by atoms with Crippen molar-refractivity contribution in [2.24, 2.45) is 5.73 Å². The van der Waals surface area contributed by atoms with E-state index in [4.69, 9.17) is 26.8 Å². The maximum Gasteiger partial charge on any atom is 0.248 e. The Balaban J connectivity index is 1.68. The number of fused-ring (bicyclic) bond motifs is 1. The lowest BCUT2D eigenvalue weighted by Gasteiger charge is -2.20. The van der Waals surface area contributed by atoms with Crippen LogP contribution in [0.25, 0.3) is 0 Å². The number of amides is 2. The number of nitrogens with two attached hydrogens (primary N) is 1. The molecule has 0 aliphatic carbocycles. The molecule has 3 N–H and O–H groups in total. The number of anilines is 1. The average molecular weight is 347 g/mol. The van der Waals surface area contributed by atoms with Gasteiger partial charge in [0.05, 0.1) is 11.4 Å². The Bertz CT molecular complexity index is 790. The molecule has 7 heteroatoms. The van der Waals surface area contributed by atoms with Crippen LogP contribution in [0.1, 0.15) is 15.9 Å². The predicted molar refractivity (Wildman–Crippen MR) is 89.7 cm³/mol. The van der Waals surface area contributed by atoms with Crippen LogP contribution in [0.3, 0.4) is 0 Å². The molecule has 0 fully saturated rings. The van der Waals surface area contributed by atoms with Crippen LogP contribution in [0.2, 0.25) is 5.02 Å². The second-order valence-electron chi connectivity index (χ2n) is 5.27. The molecule has 0 atom stereocenters. The van der Waals surface area contributed by atoms with E-state index in [2.05, 4.69) is 5.32 Å². The molecule has 0 bridgehead atoms. The number of halogens is 1. The van der Waals surface area contributed by atoms with E-state index in [9.17, 15) is 9.59 Å². The zero-order valence-corrected chi connectivity index (χ0v) is 13.4. The highest BCUT2D eigenvalue weighted by Gasteiger charge is 2.17. The maximum atomic E-state index is 12.2. The van der Waals surface area contributed by atoms with Crippen molar-refractivity contribution in [3.63, 3.8) is 0 Å². The Morgan fingerprint density at radius 3 is 2.54 bits per heavy atom. The Morgan fingerprint density at radius 2 is 1.83 bits per heavy atom. The molecule has 2 aromatic rings. The fraction of sp³-hybridized carbons (Fsp3) is 0.176. The fourth-order valence-corrected chi connectivity index (χ4v) is 2.66. The third kappa shape index (κ3) is 3.60. The van der Waals surface area contributed by atoms with Gasteiger partial charge in [-0.1, -0.05) is 11.6 Å². The first kappa shape index (κ1) is 16.1. The van der Waals surface area contributed by atoms with Gasteiger partial charge in [0.25, 0.3) is 0 Å². The van der Waals surface area contributed by atoms with Gasteiger partial charge >= 0.3 is 0 Å². The van der Waals surface area contributed by atoms with E-state index < -0.39 is 5.91 Å². The third-order valence-electron chi connectivity index (χ3n) is 3.47. The topological polar surface area (TPSA) is 90.7 Å². The summed E-state index contributed by atoms with van der Waals surface area (Å²) in [4.78, 5) is 23.2. The number of carbonyl (C=O) groups is 2. The third-order valence-corrected chi connectivity index (χ3v) is 3.76. The lowest BCUT2D eigenvalue weighted by atomic mass is 10.1. The van der Waals surface area contributed by atoms with Gasteiger partial charge in [0.15, 0.2) is 11.5 Å². The van der Waals surface area contributed by atoms with Crippen LogP contribution < -0.4 is 20.5 Å². The highest BCUT2D eigenvalue weighted by molar-refractivity contribution is 6.32. The number of primary amides is 1. The number of nitrogens with one attached hydrogen (secondary N) is 1. The first-order chi connectivity index (χ1) is 11.5. The molecule has 6 nitrogen and oxygen atoms in total. The van der Waals surface area contributed by atoms with Crippen molar-refractivity contribution in [1.82, 2.24) is 0 Å². The van der Waals surface area contributed by atoms with E-state index in [-0.39, 0.29) is 12.3 Å². The van der Waals surface area contributed by atoms with E-state index in [1.165, 1.54) is 0 Å². The van der Waals surface area contributed by atoms with E-state index in [1.807, 2.05) is 0 Å². The summed E-state index contributed by atoms with van der Waals surface area (Å²) in [6.45, 7) is 0.902. The van der Waals surface area contributed by atoms with Crippen molar-refractivity contribution in [2.45, 2.75) is 6.42 Å². The first-order valence-electron chi connectivity index (χ1n) is 7.30. The highest BCUT2D eigenvalue weighted by Crippen LogP contribution is 2.38. The Labute approximate surface area is 143 Å². The number of ether oxygens (including phenoxy) is 2. The van der Waals surface area contributed by atoms with Crippen LogP contribution in [-0.4, -0.2) is 25.0 Å². The number of rotatable bonds is 4. The van der Waals surface area contributed by atoms with E-state index in [0.29, 0.717) is 41.0 Å². The molecule has 2 amide bonds. The van der Waals surface area contributed by atoms with Gasteiger partial charge in [-0.15, -0.1) is 0 Å². The molecule has 3 rings (SSSR count). The minimum Gasteiger partial charge on any atom is -0.486 e. The monoisotopic (exact) mass is 346 g/mol. The molecule has 1 aliphatic heterocycles. The summed E-state index contributed by atoms with van der Waals surface area (Å²) >= 11 is 6.16. The molecule has 0 radical (unpaired) electrons. The van der Waals surface area contributed by atoms with Gasteiger partial charge in [0, 0.05) is 11.3 Å². The molecule has 0 saturated carbocycles. The summed E-state index contributed by atoms with van der Waals surface area (Å²) in [6.07, 6.45) is 0.133. The molecular weight excluding hydrogens is 332 g/mol. The summed E-state index contributed by atoms with van der Waals surface area (Å²) in [5, 5.41) is 3.17. The van der Waals surface area contributed by atoms with E-state index in [0.717, 1.165) is 5.56 Å². The second kappa shape index (κ2) is 6.80. The smallest absolute Gasteiger partial charge is 0.248 e. The number of benzene rings is 2. The second-order valence-corrected chi connectivity index (χ2v) is 5.68. The van der Waals surface area contributed by atoms with Crippen LogP contribution in [0, 0.1) is 0 Å². The van der Waals surface area contributed by atoms with Crippen molar-refractivity contribution in [2.75, 3.05) is 18.5 Å². The Hall–Kier alpha value is -2.73. The minimum atomic E-state index is -0.515. The largest absolute Gasteiger partial charge is 0.486 e. The summed E-state index contributed by atoms with van der Waals surface area (Å²) in [5.74, 6) is 0.324. The summed E-state index contributed by atoms with van der Waals surface area (Å²) in [5.41, 5.74) is 6.85. The molecular formula is C17H15ClN2O4. The molecule has 0 spiro atoms. The standard InChI is InChI=1S/C17H15ClN2O4/c18-13-7-10(8-14-16(13)24-6-5-23-14)9-15(21)20-12-3-1-11(2-4-12)17(19)22/h1-4,7-8H,5-6,9H2,(H2,19,22)(H,20,21). The van der Waals surface area contributed by atoms with Crippen LogP contribution in [-0.2, 0) is 11.2 Å². The fourth-order valence-electron chi connectivity index (χ4n) is 2.37. The van der Waals surface area contributed by atoms with Crippen LogP contribution in [0.15, 0.2) is 36.4 Å². The molecule has 1 heterocycles. The Morgan fingerprint density at radius 1 is 1.12 bits per heavy atom. The van der Waals surface area contributed by atoms with Crippen molar-refractivity contribution >= 4 is 29.1 Å². The maximum absolute atomic E-state index is 12.2. The lowest BCUT2D eigenvalue weighted by Crippen LogP contribution is -2.17. The molecule has 2 aromatic carbocycles. The van der Waals surface area contributed by atoms with Crippen LogP contribution in [0.5, 0.6) is 11.5 Å². The molecule has 124 valence electrons. The van der Waals surface area contributed by atoms with Crippen molar-refractivity contribution in [3.05, 3.63) is 52.5 Å².